The second-order valence-corrected chi connectivity index (χ2v) is 8.15. The molecule has 0 radical (unpaired) electrons. The predicted molar refractivity (Wildman–Crippen MR) is 122 cm³/mol. The Morgan fingerprint density at radius 3 is 2.35 bits per heavy atom. The van der Waals surface area contributed by atoms with Gasteiger partial charge >= 0.3 is 0 Å². The quantitative estimate of drug-likeness (QED) is 0.351. The van der Waals surface area contributed by atoms with Crippen LogP contribution >= 0.6 is 0 Å². The van der Waals surface area contributed by atoms with Crippen molar-refractivity contribution in [3.05, 3.63) is 71.5 Å². The number of Topliss-reactive ketones (excluding diaryl/α,β-unsaturated/α-hetero) is 1. The molecule has 3 unspecified atom stereocenters. The van der Waals surface area contributed by atoms with Crippen molar-refractivity contribution in [1.29, 1.82) is 0 Å². The third-order valence-corrected chi connectivity index (χ3v) is 5.88. The first-order valence-corrected chi connectivity index (χ1v) is 11.1. The van der Waals surface area contributed by atoms with Gasteiger partial charge < -0.3 is 10.6 Å². The number of hydrogen-bond donors (Lipinski definition) is 1. The number of carbonyl (C=O) groups is 1. The van der Waals surface area contributed by atoms with Crippen molar-refractivity contribution in [2.45, 2.75) is 45.2 Å². The van der Waals surface area contributed by atoms with E-state index in [4.69, 9.17) is 10.6 Å². The molecule has 0 spiro atoms. The van der Waals surface area contributed by atoms with Gasteiger partial charge in [-0.05, 0) is 56.6 Å². The fourth-order valence-corrected chi connectivity index (χ4v) is 3.97. The molecule has 1 heterocycles. The highest BCUT2D eigenvalue weighted by molar-refractivity contribution is 6.09. The van der Waals surface area contributed by atoms with Gasteiger partial charge in [-0.15, -0.1) is 0 Å². The van der Waals surface area contributed by atoms with E-state index in [0.717, 1.165) is 43.6 Å². The van der Waals surface area contributed by atoms with Crippen LogP contribution in [-0.4, -0.2) is 48.2 Å². The van der Waals surface area contributed by atoms with Gasteiger partial charge in [0.25, 0.3) is 0 Å². The predicted octanol–water partition coefficient (Wildman–Crippen LogP) is 4.27. The van der Waals surface area contributed by atoms with E-state index in [1.165, 1.54) is 12.1 Å². The molecule has 3 rings (SSSR count). The zero-order chi connectivity index (χ0) is 22.2. The summed E-state index contributed by atoms with van der Waals surface area (Å²) in [5.41, 5.74) is 8.15. The van der Waals surface area contributed by atoms with Crippen LogP contribution in [-0.2, 0) is 4.84 Å². The van der Waals surface area contributed by atoms with Gasteiger partial charge in [0, 0.05) is 23.1 Å². The molecule has 0 bridgehead atoms. The molecule has 1 aliphatic heterocycles. The average Bonchev–Trinajstić information content (AvgIpc) is 3.33. The van der Waals surface area contributed by atoms with Crippen LogP contribution in [0.15, 0.2) is 59.8 Å². The summed E-state index contributed by atoms with van der Waals surface area (Å²) in [6, 6.07) is 15.2. The van der Waals surface area contributed by atoms with E-state index < -0.39 is 0 Å². The van der Waals surface area contributed by atoms with Gasteiger partial charge in [-0.3, -0.25) is 9.69 Å². The van der Waals surface area contributed by atoms with E-state index in [9.17, 15) is 9.18 Å². The molecule has 1 fully saturated rings. The summed E-state index contributed by atoms with van der Waals surface area (Å²) in [6.45, 7) is 6.04. The fourth-order valence-electron chi connectivity index (χ4n) is 3.97. The lowest BCUT2D eigenvalue weighted by Gasteiger charge is -2.33. The lowest BCUT2D eigenvalue weighted by molar-refractivity contribution is 0.0867. The van der Waals surface area contributed by atoms with Gasteiger partial charge in [-0.2, -0.15) is 0 Å². The first kappa shape index (κ1) is 23.1. The standard InChI is InChI=1S/C25H32FN3O2/c1-3-22(27)17-31-28-23(19-9-5-4-6-10-19)24(29-15-7-8-16-29)18(2)25(30)20-11-13-21(26)14-12-20/h4-6,9-14,18,22,24H,3,7-8,15-17,27H2,1-2H3. The molecule has 5 nitrogen and oxygen atoms in total. The largest absolute Gasteiger partial charge is 0.394 e. The summed E-state index contributed by atoms with van der Waals surface area (Å²) in [5.74, 6) is -0.774. The Hall–Kier alpha value is -2.57. The number of carbonyl (C=O) groups excluding carboxylic acids is 1. The van der Waals surface area contributed by atoms with Crippen LogP contribution < -0.4 is 5.73 Å². The Kier molecular flexibility index (Phi) is 8.32. The topological polar surface area (TPSA) is 67.9 Å². The number of likely N-dealkylation sites (tertiary alicyclic amines) is 1. The molecule has 2 N–H and O–H groups in total. The molecule has 0 amide bonds. The van der Waals surface area contributed by atoms with E-state index in [1.54, 1.807) is 12.1 Å². The Labute approximate surface area is 184 Å². The number of ketones is 1. The van der Waals surface area contributed by atoms with Crippen molar-refractivity contribution in [2.24, 2.45) is 16.8 Å². The maximum absolute atomic E-state index is 13.4. The number of nitrogens with two attached hydrogens (primary N) is 1. The normalized spacial score (nSPS) is 17.9. The minimum absolute atomic E-state index is 0.0363. The molecule has 166 valence electrons. The molecule has 2 aromatic rings. The highest BCUT2D eigenvalue weighted by Crippen LogP contribution is 2.25. The Bertz CT molecular complexity index is 864. The highest BCUT2D eigenvalue weighted by Gasteiger charge is 2.36. The zero-order valence-electron chi connectivity index (χ0n) is 18.3. The second kappa shape index (κ2) is 11.2. The molecule has 31 heavy (non-hydrogen) atoms. The first-order valence-electron chi connectivity index (χ1n) is 11.1. The van der Waals surface area contributed by atoms with Crippen molar-refractivity contribution in [3.8, 4) is 0 Å². The van der Waals surface area contributed by atoms with Gasteiger partial charge in [0.1, 0.15) is 18.1 Å². The summed E-state index contributed by atoms with van der Waals surface area (Å²) in [4.78, 5) is 21.3. The third kappa shape index (κ3) is 5.99. The summed E-state index contributed by atoms with van der Waals surface area (Å²) < 4.78 is 13.4. The highest BCUT2D eigenvalue weighted by atomic mass is 19.1. The van der Waals surface area contributed by atoms with Gasteiger partial charge in [0.2, 0.25) is 0 Å². The molecule has 2 aromatic carbocycles. The van der Waals surface area contributed by atoms with Crippen LogP contribution in [0.5, 0.6) is 0 Å². The van der Waals surface area contributed by atoms with Crippen molar-refractivity contribution < 1.29 is 14.0 Å². The van der Waals surface area contributed by atoms with Gasteiger partial charge in [-0.25, -0.2) is 4.39 Å². The number of rotatable bonds is 10. The minimum atomic E-state index is -0.383. The molecular formula is C25H32FN3O2. The van der Waals surface area contributed by atoms with Gasteiger partial charge in [-0.1, -0.05) is 49.3 Å². The van der Waals surface area contributed by atoms with Crippen LogP contribution in [0, 0.1) is 11.7 Å². The van der Waals surface area contributed by atoms with Gasteiger partial charge in [0.05, 0.1) is 6.04 Å². The Balaban J connectivity index is 1.96. The monoisotopic (exact) mass is 425 g/mol. The van der Waals surface area contributed by atoms with Crippen molar-refractivity contribution in [3.63, 3.8) is 0 Å². The number of halogens is 1. The maximum atomic E-state index is 13.4. The molecule has 0 aliphatic carbocycles. The Morgan fingerprint density at radius 2 is 1.74 bits per heavy atom. The molecule has 3 atom stereocenters. The molecule has 0 aromatic heterocycles. The molecule has 1 saturated heterocycles. The summed E-state index contributed by atoms with van der Waals surface area (Å²) in [7, 11) is 0. The minimum Gasteiger partial charge on any atom is -0.394 e. The summed E-state index contributed by atoms with van der Waals surface area (Å²) in [5, 5.41) is 4.52. The van der Waals surface area contributed by atoms with Crippen molar-refractivity contribution in [1.82, 2.24) is 4.90 Å². The maximum Gasteiger partial charge on any atom is 0.167 e. The van der Waals surface area contributed by atoms with Crippen LogP contribution in [0.3, 0.4) is 0 Å². The van der Waals surface area contributed by atoms with E-state index in [2.05, 4.69) is 10.1 Å². The zero-order valence-corrected chi connectivity index (χ0v) is 18.3. The van der Waals surface area contributed by atoms with E-state index in [0.29, 0.717) is 12.2 Å². The molecule has 0 saturated carbocycles. The number of nitrogens with zero attached hydrogens (tertiary/aromatic N) is 2. The summed E-state index contributed by atoms with van der Waals surface area (Å²) in [6.07, 6.45) is 2.96. The molecular weight excluding hydrogens is 393 g/mol. The lowest BCUT2D eigenvalue weighted by atomic mass is 9.86. The first-order chi connectivity index (χ1) is 15.0. The Morgan fingerprint density at radius 1 is 1.10 bits per heavy atom. The SMILES string of the molecule is CCC(N)CON=C(c1ccccc1)C(C(C)C(=O)c1ccc(F)cc1)N1CCCC1. The molecule has 6 heteroatoms. The fraction of sp³-hybridized carbons (Fsp3) is 0.440. The van der Waals surface area contributed by atoms with Crippen LogP contribution in [0.2, 0.25) is 0 Å². The third-order valence-electron chi connectivity index (χ3n) is 5.88. The van der Waals surface area contributed by atoms with Crippen molar-refractivity contribution in [2.75, 3.05) is 19.7 Å². The van der Waals surface area contributed by atoms with Crippen LogP contribution in [0.4, 0.5) is 4.39 Å². The lowest BCUT2D eigenvalue weighted by Crippen LogP contribution is -2.47. The van der Waals surface area contributed by atoms with Crippen LogP contribution in [0.1, 0.15) is 49.0 Å². The number of hydrogen-bond acceptors (Lipinski definition) is 5. The van der Waals surface area contributed by atoms with Crippen molar-refractivity contribution >= 4 is 11.5 Å². The van der Waals surface area contributed by atoms with Gasteiger partial charge in [0.15, 0.2) is 5.78 Å². The smallest absolute Gasteiger partial charge is 0.167 e. The van der Waals surface area contributed by atoms with Crippen LogP contribution in [0.25, 0.3) is 0 Å². The number of oxime groups is 1. The average molecular weight is 426 g/mol. The second-order valence-electron chi connectivity index (χ2n) is 8.15. The number of benzene rings is 2. The van der Waals surface area contributed by atoms with E-state index in [-0.39, 0.29) is 29.6 Å². The van der Waals surface area contributed by atoms with E-state index in [1.807, 2.05) is 44.2 Å². The molecule has 1 aliphatic rings. The van der Waals surface area contributed by atoms with E-state index >= 15 is 0 Å². The summed E-state index contributed by atoms with van der Waals surface area (Å²) >= 11 is 0.